The van der Waals surface area contributed by atoms with E-state index < -0.39 is 11.6 Å². The van der Waals surface area contributed by atoms with Crippen molar-refractivity contribution in [2.24, 2.45) is 0 Å². The van der Waals surface area contributed by atoms with E-state index >= 15 is 0 Å². The van der Waals surface area contributed by atoms with Crippen molar-refractivity contribution in [3.05, 3.63) is 51.5 Å². The van der Waals surface area contributed by atoms with Crippen molar-refractivity contribution in [3.8, 4) is 16.9 Å². The highest BCUT2D eigenvalue weighted by molar-refractivity contribution is 9.10. The minimum Gasteiger partial charge on any atom is -0.507 e. The number of aromatic hydroxyl groups is 1. The average molecular weight is 320 g/mol. The maximum absolute atomic E-state index is 13.7. The minimum atomic E-state index is -0.629. The first-order valence-corrected chi connectivity index (χ1v) is 5.79. The van der Waals surface area contributed by atoms with Crippen molar-refractivity contribution >= 4 is 27.5 Å². The molecule has 1 nitrogen and oxygen atoms in total. The molecule has 1 N–H and O–H groups in total. The Morgan fingerprint density at radius 3 is 2.35 bits per heavy atom. The normalized spacial score (nSPS) is 10.6. The van der Waals surface area contributed by atoms with Crippen LogP contribution in [0.1, 0.15) is 0 Å². The van der Waals surface area contributed by atoms with E-state index in [9.17, 15) is 13.9 Å². The Hall–Kier alpha value is -1.13. The van der Waals surface area contributed by atoms with Gasteiger partial charge in [0.2, 0.25) is 0 Å². The number of hydrogen-bond acceptors (Lipinski definition) is 1. The number of rotatable bonds is 1. The summed E-state index contributed by atoms with van der Waals surface area (Å²) in [5.74, 6) is -1.43. The second-order valence-electron chi connectivity index (χ2n) is 3.41. The molecule has 0 heterocycles. The van der Waals surface area contributed by atoms with Gasteiger partial charge >= 0.3 is 0 Å². The van der Waals surface area contributed by atoms with Crippen LogP contribution in [0.4, 0.5) is 8.78 Å². The fraction of sp³-hybridized carbons (Fsp3) is 0. The van der Waals surface area contributed by atoms with Crippen LogP contribution in [0.5, 0.6) is 5.75 Å². The molecule has 2 aromatic rings. The Balaban J connectivity index is 2.64. The molecule has 0 fully saturated rings. The molecule has 0 amide bonds. The van der Waals surface area contributed by atoms with Gasteiger partial charge in [-0.25, -0.2) is 8.78 Å². The van der Waals surface area contributed by atoms with Gasteiger partial charge in [-0.2, -0.15) is 0 Å². The van der Waals surface area contributed by atoms with Gasteiger partial charge in [0, 0.05) is 16.1 Å². The topological polar surface area (TPSA) is 20.2 Å². The zero-order chi connectivity index (χ0) is 12.6. The summed E-state index contributed by atoms with van der Waals surface area (Å²) >= 11 is 8.55. The lowest BCUT2D eigenvalue weighted by molar-refractivity contribution is 0.476. The quantitative estimate of drug-likeness (QED) is 0.752. The lowest BCUT2D eigenvalue weighted by Gasteiger charge is -2.07. The van der Waals surface area contributed by atoms with Crippen molar-refractivity contribution < 1.29 is 13.9 Å². The van der Waals surface area contributed by atoms with E-state index in [1.165, 1.54) is 18.2 Å². The van der Waals surface area contributed by atoms with E-state index in [0.29, 0.717) is 5.02 Å². The van der Waals surface area contributed by atoms with Crippen LogP contribution in [0, 0.1) is 11.6 Å². The molecule has 0 bridgehead atoms. The molecule has 0 spiro atoms. The molecule has 5 heteroatoms. The predicted octanol–water partition coefficient (Wildman–Crippen LogP) is 4.75. The van der Waals surface area contributed by atoms with Gasteiger partial charge in [-0.15, -0.1) is 0 Å². The molecule has 88 valence electrons. The van der Waals surface area contributed by atoms with Crippen LogP contribution in [0.25, 0.3) is 11.1 Å². The van der Waals surface area contributed by atoms with Crippen LogP contribution >= 0.6 is 27.5 Å². The molecule has 0 aliphatic rings. The summed E-state index contributed by atoms with van der Waals surface area (Å²) in [6, 6.07) is 6.23. The molecule has 0 aromatic heterocycles. The van der Waals surface area contributed by atoms with Crippen LogP contribution in [0.3, 0.4) is 0 Å². The van der Waals surface area contributed by atoms with Gasteiger partial charge in [0.25, 0.3) is 0 Å². The third kappa shape index (κ3) is 2.42. The SMILES string of the molecule is Oc1cc(Cl)ccc1-c1cc(F)c(Br)cc1F. The molecule has 0 saturated carbocycles. The van der Waals surface area contributed by atoms with Crippen molar-refractivity contribution in [2.75, 3.05) is 0 Å². The number of halogens is 4. The van der Waals surface area contributed by atoms with E-state index in [-0.39, 0.29) is 21.3 Å². The summed E-state index contributed by atoms with van der Waals surface area (Å²) in [7, 11) is 0. The Morgan fingerprint density at radius 2 is 1.71 bits per heavy atom. The van der Waals surface area contributed by atoms with Crippen molar-refractivity contribution in [1.82, 2.24) is 0 Å². The molecule has 0 radical (unpaired) electrons. The Morgan fingerprint density at radius 1 is 1.00 bits per heavy atom. The van der Waals surface area contributed by atoms with Crippen LogP contribution in [-0.2, 0) is 0 Å². The molecule has 2 aromatic carbocycles. The van der Waals surface area contributed by atoms with Crippen LogP contribution < -0.4 is 0 Å². The predicted molar refractivity (Wildman–Crippen MR) is 66.2 cm³/mol. The fourth-order valence-electron chi connectivity index (χ4n) is 1.46. The number of phenolic OH excluding ortho intramolecular Hbond substituents is 1. The van der Waals surface area contributed by atoms with E-state index in [2.05, 4.69) is 15.9 Å². The molecule has 0 unspecified atom stereocenters. The molecule has 17 heavy (non-hydrogen) atoms. The highest BCUT2D eigenvalue weighted by atomic mass is 79.9. The zero-order valence-corrected chi connectivity index (χ0v) is 10.7. The van der Waals surface area contributed by atoms with Crippen molar-refractivity contribution in [2.45, 2.75) is 0 Å². The first-order chi connectivity index (χ1) is 7.99. The lowest BCUT2D eigenvalue weighted by Crippen LogP contribution is -1.89. The first-order valence-electron chi connectivity index (χ1n) is 4.62. The fourth-order valence-corrected chi connectivity index (χ4v) is 1.94. The Bertz CT molecular complexity index is 587. The van der Waals surface area contributed by atoms with Crippen LogP contribution in [0.2, 0.25) is 5.02 Å². The highest BCUT2D eigenvalue weighted by Crippen LogP contribution is 2.35. The summed E-state index contributed by atoms with van der Waals surface area (Å²) in [6.07, 6.45) is 0. The standard InChI is InChI=1S/C12H6BrClF2O/c13-9-5-10(15)8(4-11(9)16)7-2-1-6(14)3-12(7)17/h1-5,17H. The van der Waals surface area contributed by atoms with E-state index in [0.717, 1.165) is 12.1 Å². The maximum Gasteiger partial charge on any atom is 0.138 e. The van der Waals surface area contributed by atoms with Gasteiger partial charge in [-0.3, -0.25) is 0 Å². The molecule has 0 atom stereocenters. The third-order valence-electron chi connectivity index (χ3n) is 2.26. The van der Waals surface area contributed by atoms with Crippen LogP contribution in [-0.4, -0.2) is 5.11 Å². The minimum absolute atomic E-state index is 0.0140. The molecular formula is C12H6BrClF2O. The lowest BCUT2D eigenvalue weighted by atomic mass is 10.0. The summed E-state index contributed by atoms with van der Waals surface area (Å²) < 4.78 is 27.0. The van der Waals surface area contributed by atoms with Gasteiger partial charge in [0.1, 0.15) is 17.4 Å². The second-order valence-corrected chi connectivity index (χ2v) is 4.70. The van der Waals surface area contributed by atoms with E-state index in [1.807, 2.05) is 0 Å². The summed E-state index contributed by atoms with van der Waals surface area (Å²) in [4.78, 5) is 0. The number of hydrogen-bond donors (Lipinski definition) is 1. The monoisotopic (exact) mass is 318 g/mol. The number of benzene rings is 2. The van der Waals surface area contributed by atoms with E-state index in [1.54, 1.807) is 0 Å². The third-order valence-corrected chi connectivity index (χ3v) is 3.10. The second kappa shape index (κ2) is 4.63. The Kier molecular flexibility index (Phi) is 3.35. The summed E-state index contributed by atoms with van der Waals surface area (Å²) in [6.45, 7) is 0. The summed E-state index contributed by atoms with van der Waals surface area (Å²) in [5.41, 5.74) is 0.179. The zero-order valence-electron chi connectivity index (χ0n) is 8.35. The van der Waals surface area contributed by atoms with Gasteiger partial charge in [-0.1, -0.05) is 11.6 Å². The molecular weight excluding hydrogens is 313 g/mol. The van der Waals surface area contributed by atoms with Gasteiger partial charge in [-0.05, 0) is 46.3 Å². The maximum atomic E-state index is 13.7. The van der Waals surface area contributed by atoms with Gasteiger partial charge < -0.3 is 5.11 Å². The van der Waals surface area contributed by atoms with Gasteiger partial charge in [0.05, 0.1) is 4.47 Å². The van der Waals surface area contributed by atoms with Crippen molar-refractivity contribution in [1.29, 1.82) is 0 Å². The van der Waals surface area contributed by atoms with Gasteiger partial charge in [0.15, 0.2) is 0 Å². The Labute approximate surface area is 110 Å². The number of phenols is 1. The molecule has 0 aliphatic heterocycles. The summed E-state index contributed by atoms with van der Waals surface area (Å²) in [5, 5.41) is 9.97. The average Bonchev–Trinajstić information content (AvgIpc) is 2.24. The first kappa shape index (κ1) is 12.3. The smallest absolute Gasteiger partial charge is 0.138 e. The molecule has 0 saturated heterocycles. The highest BCUT2D eigenvalue weighted by Gasteiger charge is 2.13. The van der Waals surface area contributed by atoms with E-state index in [4.69, 9.17) is 11.6 Å². The van der Waals surface area contributed by atoms with Crippen molar-refractivity contribution in [3.63, 3.8) is 0 Å². The van der Waals surface area contributed by atoms with Crippen LogP contribution in [0.15, 0.2) is 34.8 Å². The molecule has 0 aliphatic carbocycles. The largest absolute Gasteiger partial charge is 0.507 e. The molecule has 2 rings (SSSR count).